The van der Waals surface area contributed by atoms with Crippen molar-refractivity contribution in [1.82, 2.24) is 0 Å². The Morgan fingerprint density at radius 3 is 1.65 bits per heavy atom. The fraction of sp³-hybridized carbons (Fsp3) is 0.455. The molecule has 3 aromatic carbocycles. The van der Waals surface area contributed by atoms with E-state index in [9.17, 15) is 13.0 Å². The first-order chi connectivity index (χ1) is 20.9. The minimum absolute atomic E-state index is 0.0524. The van der Waals surface area contributed by atoms with Gasteiger partial charge in [0.15, 0.2) is 12.6 Å². The summed E-state index contributed by atoms with van der Waals surface area (Å²) in [6.45, 7) is 0.864. The maximum atomic E-state index is 11.7. The molecular weight excluding hydrogens is 572 g/mol. The summed E-state index contributed by atoms with van der Waals surface area (Å²) in [6.07, 6.45) is -2.01. The van der Waals surface area contributed by atoms with E-state index in [0.29, 0.717) is 32.5 Å². The largest absolute Gasteiger partial charge is 0.726 e. The smallest absolute Gasteiger partial charge is 0.217 e. The second-order valence-electron chi connectivity index (χ2n) is 11.8. The highest BCUT2D eigenvalue weighted by Crippen LogP contribution is 2.52. The standard InChI is InChI=1S/C33H36O9S/c34-43(35,36)42-28-17-16-27(21-10-4-1-5-11-21)39-29(28)18-24-25-19-37-32(22-12-6-2-7-13-22)40-30(25)31-26(24)20-38-33(41-31)23-14-8-3-9-15-23/h1-15,24-33H,16-20H2,(H,34,35,36)/p-1/t25-,26-,27?,28+,29-,30-,31-,32-,33-/m1/s1. The number of ether oxygens (including phenoxy) is 5. The number of benzene rings is 3. The van der Waals surface area contributed by atoms with Gasteiger partial charge in [-0.3, -0.25) is 4.18 Å². The maximum Gasteiger partial charge on any atom is 0.217 e. The third kappa shape index (κ3) is 6.29. The van der Waals surface area contributed by atoms with E-state index in [2.05, 4.69) is 0 Å². The third-order valence-electron chi connectivity index (χ3n) is 9.24. The minimum atomic E-state index is -4.92. The Morgan fingerprint density at radius 2 is 1.16 bits per heavy atom. The van der Waals surface area contributed by atoms with E-state index in [1.54, 1.807) is 0 Å². The molecule has 3 aliphatic heterocycles. The van der Waals surface area contributed by atoms with Crippen molar-refractivity contribution in [3.8, 4) is 0 Å². The van der Waals surface area contributed by atoms with Crippen LogP contribution in [0.1, 0.15) is 54.6 Å². The lowest BCUT2D eigenvalue weighted by molar-refractivity contribution is -0.292. The van der Waals surface area contributed by atoms with Crippen LogP contribution in [0.4, 0.5) is 0 Å². The number of hydrogen-bond donors (Lipinski definition) is 0. The highest BCUT2D eigenvalue weighted by Gasteiger charge is 2.58. The van der Waals surface area contributed by atoms with Crippen molar-refractivity contribution in [3.63, 3.8) is 0 Å². The molecule has 0 spiro atoms. The van der Waals surface area contributed by atoms with E-state index in [4.69, 9.17) is 27.9 Å². The molecule has 0 radical (unpaired) electrons. The summed E-state index contributed by atoms with van der Waals surface area (Å²) in [5, 5.41) is 0. The maximum absolute atomic E-state index is 11.7. The topological polar surface area (TPSA) is 113 Å². The van der Waals surface area contributed by atoms with Crippen LogP contribution in [-0.2, 0) is 38.3 Å². The fourth-order valence-electron chi connectivity index (χ4n) is 7.28. The molecule has 4 aliphatic rings. The molecule has 0 bridgehead atoms. The predicted octanol–water partition coefficient (Wildman–Crippen LogP) is 5.23. The quantitative estimate of drug-likeness (QED) is 0.263. The molecule has 9 nitrogen and oxygen atoms in total. The normalized spacial score (nSPS) is 36.0. The minimum Gasteiger partial charge on any atom is -0.726 e. The lowest BCUT2D eigenvalue weighted by Crippen LogP contribution is -2.43. The molecule has 1 aliphatic carbocycles. The zero-order valence-electron chi connectivity index (χ0n) is 23.6. The van der Waals surface area contributed by atoms with Crippen LogP contribution in [0.15, 0.2) is 91.0 Å². The highest BCUT2D eigenvalue weighted by molar-refractivity contribution is 7.80. The first-order valence-electron chi connectivity index (χ1n) is 14.9. The second-order valence-corrected chi connectivity index (χ2v) is 12.8. The van der Waals surface area contributed by atoms with Crippen molar-refractivity contribution in [2.75, 3.05) is 13.2 Å². The molecule has 0 aromatic heterocycles. The van der Waals surface area contributed by atoms with Crippen molar-refractivity contribution in [3.05, 3.63) is 108 Å². The molecule has 3 aromatic rings. The Hall–Kier alpha value is -2.67. The lowest BCUT2D eigenvalue weighted by atomic mass is 9.81. The molecule has 4 fully saturated rings. The van der Waals surface area contributed by atoms with Crippen molar-refractivity contribution in [2.24, 2.45) is 17.8 Å². The molecule has 9 atom stereocenters. The summed E-state index contributed by atoms with van der Waals surface area (Å²) < 4.78 is 72.6. The van der Waals surface area contributed by atoms with E-state index >= 15 is 0 Å². The van der Waals surface area contributed by atoms with E-state index in [1.165, 1.54) is 0 Å². The number of rotatable bonds is 7. The first kappa shape index (κ1) is 29.1. The van der Waals surface area contributed by atoms with Gasteiger partial charge in [-0.25, -0.2) is 8.42 Å². The Balaban J connectivity index is 1.17. The van der Waals surface area contributed by atoms with Crippen molar-refractivity contribution in [2.45, 2.75) is 62.4 Å². The summed E-state index contributed by atoms with van der Waals surface area (Å²) in [4.78, 5) is 0. The molecule has 7 rings (SSSR count). The molecule has 0 N–H and O–H groups in total. The van der Waals surface area contributed by atoms with Crippen LogP contribution in [0.25, 0.3) is 0 Å². The van der Waals surface area contributed by atoms with E-state index in [1.807, 2.05) is 91.0 Å². The molecule has 1 unspecified atom stereocenters. The van der Waals surface area contributed by atoms with Gasteiger partial charge in [0.2, 0.25) is 10.4 Å². The average molecular weight is 608 g/mol. The van der Waals surface area contributed by atoms with Crippen molar-refractivity contribution >= 4 is 10.4 Å². The summed E-state index contributed by atoms with van der Waals surface area (Å²) in [6, 6.07) is 29.5. The van der Waals surface area contributed by atoms with E-state index in [-0.39, 0.29) is 36.1 Å². The molecular formula is C33H35O9S-. The van der Waals surface area contributed by atoms with Crippen LogP contribution in [0.5, 0.6) is 0 Å². The van der Waals surface area contributed by atoms with Gasteiger partial charge in [0.1, 0.15) is 6.10 Å². The Labute approximate surface area is 252 Å². The summed E-state index contributed by atoms with van der Waals surface area (Å²) in [7, 11) is -4.92. The van der Waals surface area contributed by atoms with Crippen molar-refractivity contribution in [1.29, 1.82) is 0 Å². The second kappa shape index (κ2) is 12.4. The van der Waals surface area contributed by atoms with Crippen LogP contribution >= 0.6 is 0 Å². The summed E-state index contributed by atoms with van der Waals surface area (Å²) in [5.74, 6) is -0.167. The van der Waals surface area contributed by atoms with Crippen LogP contribution in [-0.4, -0.2) is 50.6 Å². The average Bonchev–Trinajstić information content (AvgIpc) is 3.34. The van der Waals surface area contributed by atoms with Crippen LogP contribution in [0.3, 0.4) is 0 Å². The molecule has 228 valence electrons. The summed E-state index contributed by atoms with van der Waals surface area (Å²) in [5.41, 5.74) is 2.87. The zero-order valence-corrected chi connectivity index (χ0v) is 24.4. The molecule has 3 saturated heterocycles. The highest BCUT2D eigenvalue weighted by atomic mass is 32.3. The third-order valence-corrected chi connectivity index (χ3v) is 9.72. The van der Waals surface area contributed by atoms with Gasteiger partial charge in [-0.15, -0.1) is 0 Å². The lowest BCUT2D eigenvalue weighted by Gasteiger charge is -2.40. The predicted molar refractivity (Wildman–Crippen MR) is 153 cm³/mol. The van der Waals surface area contributed by atoms with Gasteiger partial charge in [0, 0.05) is 23.0 Å². The monoisotopic (exact) mass is 607 g/mol. The SMILES string of the molecule is O=S(=O)([O-])O[C@H]1CCC(c2ccccc2)O[C@@H]1CC1[C@H]2CO[C@@H](c3ccccc3)O[C@H]2[C@@H]2O[C@H](c3ccccc3)OC[C@H]12. The van der Waals surface area contributed by atoms with E-state index in [0.717, 1.165) is 16.7 Å². The van der Waals surface area contributed by atoms with E-state index < -0.39 is 35.2 Å². The molecule has 3 heterocycles. The summed E-state index contributed by atoms with van der Waals surface area (Å²) >= 11 is 0. The Bertz CT molecular complexity index is 1390. The first-order valence-corrected chi connectivity index (χ1v) is 16.2. The Kier molecular flexibility index (Phi) is 8.36. The zero-order chi connectivity index (χ0) is 29.4. The number of fused-ring (bicyclic) bond motifs is 3. The fourth-order valence-corrected chi connectivity index (χ4v) is 7.81. The molecule has 43 heavy (non-hydrogen) atoms. The molecule has 0 amide bonds. The van der Waals surface area contributed by atoms with Crippen LogP contribution in [0.2, 0.25) is 0 Å². The van der Waals surface area contributed by atoms with Crippen molar-refractivity contribution < 1.29 is 40.8 Å². The molecule has 1 saturated carbocycles. The van der Waals surface area contributed by atoms with Gasteiger partial charge in [0.25, 0.3) is 0 Å². The van der Waals surface area contributed by atoms with Gasteiger partial charge in [0.05, 0.1) is 37.6 Å². The van der Waals surface area contributed by atoms with Crippen LogP contribution in [0, 0.1) is 17.8 Å². The van der Waals surface area contributed by atoms with Gasteiger partial charge in [-0.2, -0.15) is 0 Å². The van der Waals surface area contributed by atoms with Crippen LogP contribution < -0.4 is 0 Å². The number of hydrogen-bond acceptors (Lipinski definition) is 9. The Morgan fingerprint density at radius 1 is 0.674 bits per heavy atom. The van der Waals surface area contributed by atoms with Gasteiger partial charge in [-0.05, 0) is 30.7 Å². The van der Waals surface area contributed by atoms with Gasteiger partial charge in [-0.1, -0.05) is 91.0 Å². The van der Waals surface area contributed by atoms with Gasteiger partial charge < -0.3 is 28.2 Å². The van der Waals surface area contributed by atoms with Gasteiger partial charge >= 0.3 is 0 Å². The molecule has 10 heteroatoms.